The van der Waals surface area contributed by atoms with Crippen LogP contribution < -0.4 is 23.8 Å². The van der Waals surface area contributed by atoms with Crippen molar-refractivity contribution in [2.45, 2.75) is 22.6 Å². The number of hydrogen-bond acceptors (Lipinski definition) is 7. The van der Waals surface area contributed by atoms with Crippen LogP contribution in [-0.2, 0) is 31.3 Å². The van der Waals surface area contributed by atoms with Crippen molar-refractivity contribution in [1.82, 2.24) is 9.44 Å². The second-order valence-corrected chi connectivity index (χ2v) is 10.6. The van der Waals surface area contributed by atoms with Gasteiger partial charge in [-0.1, -0.05) is 0 Å². The minimum atomic E-state index is -3.85. The number of anilines is 1. The maximum absolute atomic E-state index is 12.7. The second kappa shape index (κ2) is 9.45. The van der Waals surface area contributed by atoms with Crippen molar-refractivity contribution in [1.29, 1.82) is 0 Å². The summed E-state index contributed by atoms with van der Waals surface area (Å²) < 4.78 is 64.0. The van der Waals surface area contributed by atoms with E-state index < -0.39 is 20.0 Å². The second-order valence-electron chi connectivity index (χ2n) is 6.96. The van der Waals surface area contributed by atoms with Gasteiger partial charge in [-0.25, -0.2) is 26.3 Å². The van der Waals surface area contributed by atoms with Crippen LogP contribution in [0.25, 0.3) is 0 Å². The number of ether oxygens (including phenoxy) is 2. The van der Waals surface area contributed by atoms with Gasteiger partial charge in [0.1, 0.15) is 0 Å². The average molecular weight is 484 g/mol. The lowest BCUT2D eigenvalue weighted by Gasteiger charge is -2.18. The van der Waals surface area contributed by atoms with Crippen molar-refractivity contribution in [3.8, 4) is 11.5 Å². The van der Waals surface area contributed by atoms with E-state index in [-0.39, 0.29) is 34.4 Å². The van der Waals surface area contributed by atoms with Gasteiger partial charge in [0, 0.05) is 31.3 Å². The van der Waals surface area contributed by atoms with Crippen molar-refractivity contribution < 1.29 is 31.1 Å². The predicted molar refractivity (Wildman–Crippen MR) is 118 cm³/mol. The van der Waals surface area contributed by atoms with Gasteiger partial charge in [-0.3, -0.25) is 4.79 Å². The number of methoxy groups -OCH3 is 2. The fourth-order valence-corrected chi connectivity index (χ4v) is 5.24. The summed E-state index contributed by atoms with van der Waals surface area (Å²) in [7, 11) is -3.23. The summed E-state index contributed by atoms with van der Waals surface area (Å²) in [6.07, 6.45) is 0.466. The van der Waals surface area contributed by atoms with Crippen LogP contribution in [-0.4, -0.2) is 57.1 Å². The third-order valence-electron chi connectivity index (χ3n) is 5.12. The molecule has 2 aromatic rings. The highest BCUT2D eigenvalue weighted by atomic mass is 32.2. The molecule has 174 valence electrons. The molecule has 0 atom stereocenters. The van der Waals surface area contributed by atoms with Gasteiger partial charge < -0.3 is 14.4 Å². The van der Waals surface area contributed by atoms with E-state index in [2.05, 4.69) is 9.44 Å². The monoisotopic (exact) mass is 483 g/mol. The minimum absolute atomic E-state index is 0.00705. The molecule has 0 aromatic heterocycles. The Bertz CT molecular complexity index is 1230. The number of nitrogens with one attached hydrogen (secondary N) is 2. The van der Waals surface area contributed by atoms with E-state index in [1.807, 2.05) is 0 Å². The highest BCUT2D eigenvalue weighted by Crippen LogP contribution is 2.31. The molecule has 0 fully saturated rings. The van der Waals surface area contributed by atoms with Gasteiger partial charge in [-0.05, 0) is 49.4 Å². The van der Waals surface area contributed by atoms with Crippen molar-refractivity contribution in [2.24, 2.45) is 0 Å². The fraction of sp³-hybridized carbons (Fsp3) is 0.350. The first kappa shape index (κ1) is 24.0. The van der Waals surface area contributed by atoms with Gasteiger partial charge in [0.25, 0.3) is 0 Å². The molecule has 1 aliphatic rings. The van der Waals surface area contributed by atoms with Gasteiger partial charge >= 0.3 is 0 Å². The van der Waals surface area contributed by atoms with Gasteiger partial charge in [-0.2, -0.15) is 0 Å². The molecule has 0 radical (unpaired) electrons. The van der Waals surface area contributed by atoms with E-state index in [9.17, 15) is 21.6 Å². The topological polar surface area (TPSA) is 131 Å². The van der Waals surface area contributed by atoms with Crippen LogP contribution in [0.2, 0.25) is 0 Å². The quantitative estimate of drug-likeness (QED) is 0.541. The number of benzene rings is 2. The maximum atomic E-state index is 12.7. The Morgan fingerprint density at radius 2 is 1.62 bits per heavy atom. The van der Waals surface area contributed by atoms with Crippen LogP contribution in [0.1, 0.15) is 12.0 Å². The van der Waals surface area contributed by atoms with Crippen LogP contribution in [0.5, 0.6) is 11.5 Å². The molecular weight excluding hydrogens is 458 g/mol. The molecule has 1 aliphatic heterocycles. The van der Waals surface area contributed by atoms with E-state index in [4.69, 9.17) is 9.47 Å². The van der Waals surface area contributed by atoms with Crippen molar-refractivity contribution in [3.63, 3.8) is 0 Å². The highest BCUT2D eigenvalue weighted by molar-refractivity contribution is 7.89. The lowest BCUT2D eigenvalue weighted by Crippen LogP contribution is -2.33. The third-order valence-corrected chi connectivity index (χ3v) is 7.99. The van der Waals surface area contributed by atoms with Gasteiger partial charge in [0.2, 0.25) is 26.0 Å². The fourth-order valence-electron chi connectivity index (χ4n) is 3.42. The van der Waals surface area contributed by atoms with E-state index >= 15 is 0 Å². The Hall–Kier alpha value is -2.67. The molecule has 1 heterocycles. The SMILES string of the molecule is CNS(=O)(=O)c1ccc2c(c1)CCN2C(=O)CCNS(=O)(=O)c1ccc(OC)c(OC)c1. The number of carbonyl (C=O) groups is 1. The van der Waals surface area contributed by atoms with E-state index in [0.29, 0.717) is 24.4 Å². The van der Waals surface area contributed by atoms with Gasteiger partial charge in [0.15, 0.2) is 11.5 Å². The summed E-state index contributed by atoms with van der Waals surface area (Å²) in [5, 5.41) is 0. The molecule has 0 spiro atoms. The standard InChI is InChI=1S/C20H25N3O7S2/c1-21-31(25,26)15-4-6-17-14(12-15)9-11-23(17)20(24)8-10-22-32(27,28)16-5-7-18(29-2)19(13-16)30-3/h4-7,12-13,21-22H,8-11H2,1-3H3. The Morgan fingerprint density at radius 3 is 2.28 bits per heavy atom. The molecule has 0 saturated heterocycles. The Kier molecular flexibility index (Phi) is 7.08. The molecule has 1 amide bonds. The van der Waals surface area contributed by atoms with Crippen molar-refractivity contribution in [3.05, 3.63) is 42.0 Å². The highest BCUT2D eigenvalue weighted by Gasteiger charge is 2.26. The largest absolute Gasteiger partial charge is 0.493 e. The molecule has 12 heteroatoms. The Morgan fingerprint density at radius 1 is 0.969 bits per heavy atom. The van der Waals surface area contributed by atoms with E-state index in [0.717, 1.165) is 5.56 Å². The van der Waals surface area contributed by atoms with E-state index in [1.54, 1.807) is 12.1 Å². The van der Waals surface area contributed by atoms with Crippen LogP contribution in [0.4, 0.5) is 5.69 Å². The minimum Gasteiger partial charge on any atom is -0.493 e. The number of carbonyl (C=O) groups excluding carboxylic acids is 1. The predicted octanol–water partition coefficient (Wildman–Crippen LogP) is 0.870. The molecule has 3 rings (SSSR count). The van der Waals surface area contributed by atoms with Gasteiger partial charge in [0.05, 0.1) is 24.0 Å². The number of fused-ring (bicyclic) bond motifs is 1. The molecule has 2 aromatic carbocycles. The first-order valence-electron chi connectivity index (χ1n) is 9.71. The molecular formula is C20H25N3O7S2. The summed E-state index contributed by atoms with van der Waals surface area (Å²) in [6.45, 7) is 0.313. The first-order chi connectivity index (χ1) is 15.1. The van der Waals surface area contributed by atoms with Crippen LogP contribution in [0, 0.1) is 0 Å². The lowest BCUT2D eigenvalue weighted by atomic mass is 10.2. The van der Waals surface area contributed by atoms with Crippen LogP contribution >= 0.6 is 0 Å². The number of nitrogens with zero attached hydrogens (tertiary/aromatic N) is 1. The van der Waals surface area contributed by atoms with Crippen LogP contribution in [0.15, 0.2) is 46.2 Å². The molecule has 0 bridgehead atoms. The normalized spacial score (nSPS) is 13.7. The average Bonchev–Trinajstić information content (AvgIpc) is 3.21. The first-order valence-corrected chi connectivity index (χ1v) is 12.7. The number of sulfonamides is 2. The summed E-state index contributed by atoms with van der Waals surface area (Å²) >= 11 is 0. The molecule has 0 aliphatic carbocycles. The smallest absolute Gasteiger partial charge is 0.240 e. The number of hydrogen-bond donors (Lipinski definition) is 2. The Balaban J connectivity index is 1.65. The molecule has 32 heavy (non-hydrogen) atoms. The summed E-state index contributed by atoms with van der Waals surface area (Å²) in [5.41, 5.74) is 1.38. The molecule has 0 saturated carbocycles. The summed E-state index contributed by atoms with van der Waals surface area (Å²) in [6, 6.07) is 8.81. The zero-order valence-corrected chi connectivity index (χ0v) is 19.5. The molecule has 0 unspecified atom stereocenters. The van der Waals surface area contributed by atoms with Crippen molar-refractivity contribution >= 4 is 31.6 Å². The molecule has 10 nitrogen and oxygen atoms in total. The Labute approximate surface area is 187 Å². The molecule has 2 N–H and O–H groups in total. The third kappa shape index (κ3) is 4.88. The zero-order valence-electron chi connectivity index (χ0n) is 17.9. The summed E-state index contributed by atoms with van der Waals surface area (Å²) in [5.74, 6) is 0.419. The number of amides is 1. The lowest BCUT2D eigenvalue weighted by molar-refractivity contribution is -0.118. The maximum Gasteiger partial charge on any atom is 0.240 e. The van der Waals surface area contributed by atoms with Crippen LogP contribution in [0.3, 0.4) is 0 Å². The van der Waals surface area contributed by atoms with Gasteiger partial charge in [-0.15, -0.1) is 0 Å². The summed E-state index contributed by atoms with van der Waals surface area (Å²) in [4.78, 5) is 14.3. The zero-order chi connectivity index (χ0) is 23.5. The van der Waals surface area contributed by atoms with Crippen molar-refractivity contribution in [2.75, 3.05) is 39.3 Å². The van der Waals surface area contributed by atoms with E-state index in [1.165, 1.54) is 50.4 Å². The number of rotatable bonds is 9.